The van der Waals surface area contributed by atoms with Gasteiger partial charge < -0.3 is 14.6 Å². The molecular weight excluding hydrogens is 344 g/mol. The number of morpholine rings is 1. The first-order valence-electron chi connectivity index (χ1n) is 9.56. The molecule has 0 unspecified atom stereocenters. The van der Waals surface area contributed by atoms with E-state index in [-0.39, 0.29) is 23.7 Å². The molecule has 1 aliphatic rings. The maximum atomic E-state index is 12.5. The predicted molar refractivity (Wildman–Crippen MR) is 105 cm³/mol. The van der Waals surface area contributed by atoms with Crippen molar-refractivity contribution in [2.45, 2.75) is 46.4 Å². The van der Waals surface area contributed by atoms with E-state index in [1.165, 1.54) is 0 Å². The number of carbonyl (C=O) groups is 1. The second kappa shape index (κ2) is 8.19. The Labute approximate surface area is 159 Å². The van der Waals surface area contributed by atoms with E-state index in [1.54, 1.807) is 29.7 Å². The maximum Gasteiger partial charge on any atom is 0.272 e. The molecule has 2 aromatic rings. The average Bonchev–Trinajstić information content (AvgIpc) is 2.61. The SMILES string of the molecule is CCn1c(=O)c(C)nc2cc(C(=O)NCCN3C[C@H](C)O[C@@H](C)C3)ccc21. The number of benzene rings is 1. The number of nitrogens with zero attached hydrogens (tertiary/aromatic N) is 3. The van der Waals surface area contributed by atoms with Crippen molar-refractivity contribution in [2.75, 3.05) is 26.2 Å². The molecular formula is C20H28N4O3. The number of rotatable bonds is 5. The Balaban J connectivity index is 1.67. The molecule has 0 bridgehead atoms. The molecule has 27 heavy (non-hydrogen) atoms. The monoisotopic (exact) mass is 372 g/mol. The van der Waals surface area contributed by atoms with Crippen LogP contribution in [0.1, 0.15) is 36.8 Å². The number of carbonyl (C=O) groups excluding carboxylic acids is 1. The molecule has 3 rings (SSSR count). The van der Waals surface area contributed by atoms with Gasteiger partial charge in [0.2, 0.25) is 0 Å². The van der Waals surface area contributed by atoms with Gasteiger partial charge in [-0.15, -0.1) is 0 Å². The first kappa shape index (κ1) is 19.5. The van der Waals surface area contributed by atoms with Gasteiger partial charge in [0, 0.05) is 38.3 Å². The van der Waals surface area contributed by atoms with Gasteiger partial charge in [0.25, 0.3) is 11.5 Å². The first-order valence-corrected chi connectivity index (χ1v) is 9.56. The molecule has 2 atom stereocenters. The second-order valence-electron chi connectivity index (χ2n) is 7.22. The van der Waals surface area contributed by atoms with Gasteiger partial charge in [0.1, 0.15) is 5.69 Å². The lowest BCUT2D eigenvalue weighted by molar-refractivity contribution is -0.0672. The predicted octanol–water partition coefficient (Wildman–Crippen LogP) is 1.56. The van der Waals surface area contributed by atoms with Crippen LogP contribution in [0, 0.1) is 6.92 Å². The molecule has 1 aliphatic heterocycles. The number of fused-ring (bicyclic) bond motifs is 1. The van der Waals surface area contributed by atoms with Gasteiger partial charge in [0.05, 0.1) is 23.2 Å². The fourth-order valence-electron chi connectivity index (χ4n) is 3.73. The number of hydrogen-bond acceptors (Lipinski definition) is 5. The average molecular weight is 372 g/mol. The van der Waals surface area contributed by atoms with Gasteiger partial charge >= 0.3 is 0 Å². The fraction of sp³-hybridized carbons (Fsp3) is 0.550. The van der Waals surface area contributed by atoms with Crippen LogP contribution in [-0.4, -0.2) is 58.7 Å². The summed E-state index contributed by atoms with van der Waals surface area (Å²) in [5.74, 6) is -0.125. The fourth-order valence-corrected chi connectivity index (χ4v) is 3.73. The Kier molecular flexibility index (Phi) is 5.92. The lowest BCUT2D eigenvalue weighted by atomic mass is 10.1. The van der Waals surface area contributed by atoms with Gasteiger partial charge in [0.15, 0.2) is 0 Å². The van der Waals surface area contributed by atoms with Crippen LogP contribution in [0.2, 0.25) is 0 Å². The zero-order valence-corrected chi connectivity index (χ0v) is 16.5. The minimum Gasteiger partial charge on any atom is -0.373 e. The highest BCUT2D eigenvalue weighted by atomic mass is 16.5. The number of aromatic nitrogens is 2. The number of nitrogens with one attached hydrogen (secondary N) is 1. The highest BCUT2D eigenvalue weighted by Crippen LogP contribution is 2.14. The summed E-state index contributed by atoms with van der Waals surface area (Å²) in [6, 6.07) is 5.30. The summed E-state index contributed by atoms with van der Waals surface area (Å²) in [6.07, 6.45) is 0.436. The summed E-state index contributed by atoms with van der Waals surface area (Å²) in [4.78, 5) is 31.4. The van der Waals surface area contributed by atoms with Crippen molar-refractivity contribution in [3.05, 3.63) is 39.8 Å². The zero-order chi connectivity index (χ0) is 19.6. The molecule has 0 spiro atoms. The van der Waals surface area contributed by atoms with Gasteiger partial charge in [-0.05, 0) is 45.9 Å². The number of ether oxygens (including phenoxy) is 1. The first-order chi connectivity index (χ1) is 12.9. The van der Waals surface area contributed by atoms with Crippen LogP contribution in [0.3, 0.4) is 0 Å². The Morgan fingerprint density at radius 3 is 2.67 bits per heavy atom. The largest absolute Gasteiger partial charge is 0.373 e. The minimum atomic E-state index is -0.125. The molecule has 2 heterocycles. The molecule has 0 radical (unpaired) electrons. The Morgan fingerprint density at radius 1 is 1.30 bits per heavy atom. The Bertz CT molecular complexity index is 883. The van der Waals surface area contributed by atoms with Gasteiger partial charge in [-0.3, -0.25) is 14.5 Å². The Hall–Kier alpha value is -2.25. The summed E-state index contributed by atoms with van der Waals surface area (Å²) < 4.78 is 7.41. The zero-order valence-electron chi connectivity index (χ0n) is 16.5. The van der Waals surface area contributed by atoms with E-state index in [4.69, 9.17) is 4.74 Å². The van der Waals surface area contributed by atoms with Crippen LogP contribution in [0.5, 0.6) is 0 Å². The molecule has 0 saturated carbocycles. The molecule has 7 nitrogen and oxygen atoms in total. The Morgan fingerprint density at radius 2 is 2.00 bits per heavy atom. The van der Waals surface area contributed by atoms with Gasteiger partial charge in [-0.25, -0.2) is 4.98 Å². The topological polar surface area (TPSA) is 76.5 Å². The van der Waals surface area contributed by atoms with E-state index >= 15 is 0 Å². The quantitative estimate of drug-likeness (QED) is 0.862. The molecule has 1 aromatic heterocycles. The lowest BCUT2D eigenvalue weighted by Crippen LogP contribution is -2.47. The van der Waals surface area contributed by atoms with E-state index in [2.05, 4.69) is 29.0 Å². The van der Waals surface area contributed by atoms with Crippen molar-refractivity contribution >= 4 is 16.9 Å². The standard InChI is InChI=1S/C20H28N4O3/c1-5-24-18-7-6-16(10-17(18)22-15(4)20(24)26)19(25)21-8-9-23-11-13(2)27-14(3)12-23/h6-7,10,13-14H,5,8-9,11-12H2,1-4H3,(H,21,25)/t13-,14-/m0/s1. The van der Waals surface area contributed by atoms with E-state index < -0.39 is 0 Å². The summed E-state index contributed by atoms with van der Waals surface area (Å²) in [5, 5.41) is 2.98. The van der Waals surface area contributed by atoms with Crippen LogP contribution in [0.15, 0.2) is 23.0 Å². The van der Waals surface area contributed by atoms with Crippen molar-refractivity contribution in [3.8, 4) is 0 Å². The van der Waals surface area contributed by atoms with E-state index in [1.807, 2.05) is 6.92 Å². The number of aryl methyl sites for hydroxylation is 2. The van der Waals surface area contributed by atoms with Gasteiger partial charge in [-0.2, -0.15) is 0 Å². The molecule has 1 N–H and O–H groups in total. The van der Waals surface area contributed by atoms with Crippen molar-refractivity contribution in [1.82, 2.24) is 19.8 Å². The van der Waals surface area contributed by atoms with Crippen molar-refractivity contribution in [3.63, 3.8) is 0 Å². The van der Waals surface area contributed by atoms with E-state index in [9.17, 15) is 9.59 Å². The second-order valence-corrected chi connectivity index (χ2v) is 7.22. The summed E-state index contributed by atoms with van der Waals surface area (Å²) >= 11 is 0. The molecule has 1 saturated heterocycles. The summed E-state index contributed by atoms with van der Waals surface area (Å²) in [6.45, 7) is 11.5. The number of amides is 1. The maximum absolute atomic E-state index is 12.5. The molecule has 1 aromatic carbocycles. The third-order valence-electron chi connectivity index (χ3n) is 4.90. The summed E-state index contributed by atoms with van der Waals surface area (Å²) in [7, 11) is 0. The van der Waals surface area contributed by atoms with E-state index in [0.717, 1.165) is 25.2 Å². The molecule has 1 amide bonds. The molecule has 0 aliphatic carbocycles. The highest BCUT2D eigenvalue weighted by Gasteiger charge is 2.21. The number of hydrogen-bond donors (Lipinski definition) is 1. The highest BCUT2D eigenvalue weighted by molar-refractivity contribution is 5.97. The van der Waals surface area contributed by atoms with Crippen LogP contribution in [0.4, 0.5) is 0 Å². The normalized spacial score (nSPS) is 20.7. The third kappa shape index (κ3) is 4.36. The van der Waals surface area contributed by atoms with Crippen LogP contribution in [-0.2, 0) is 11.3 Å². The summed E-state index contributed by atoms with van der Waals surface area (Å²) in [5.41, 5.74) is 2.33. The molecule has 7 heteroatoms. The van der Waals surface area contributed by atoms with Gasteiger partial charge in [-0.1, -0.05) is 0 Å². The van der Waals surface area contributed by atoms with Crippen LogP contribution in [0.25, 0.3) is 11.0 Å². The molecule has 146 valence electrons. The van der Waals surface area contributed by atoms with Crippen LogP contribution >= 0.6 is 0 Å². The van der Waals surface area contributed by atoms with Crippen molar-refractivity contribution < 1.29 is 9.53 Å². The van der Waals surface area contributed by atoms with Crippen LogP contribution < -0.4 is 10.9 Å². The smallest absolute Gasteiger partial charge is 0.272 e. The minimum absolute atomic E-state index is 0.0869. The van der Waals surface area contributed by atoms with Crippen molar-refractivity contribution in [1.29, 1.82) is 0 Å². The third-order valence-corrected chi connectivity index (χ3v) is 4.90. The molecule has 1 fully saturated rings. The van der Waals surface area contributed by atoms with E-state index in [0.29, 0.717) is 29.9 Å². The lowest BCUT2D eigenvalue weighted by Gasteiger charge is -2.35. The van der Waals surface area contributed by atoms with Crippen molar-refractivity contribution in [2.24, 2.45) is 0 Å².